The third-order valence-electron chi connectivity index (χ3n) is 1.96. The Morgan fingerprint density at radius 2 is 1.71 bits per heavy atom. The van der Waals surface area contributed by atoms with Gasteiger partial charge in [-0.3, -0.25) is 0 Å². The quantitative estimate of drug-likeness (QED) is 0.688. The van der Waals surface area contributed by atoms with Crippen molar-refractivity contribution in [2.75, 3.05) is 0 Å². The maximum Gasteiger partial charge on any atom is 0.408 e. The maximum absolute atomic E-state index is 11.4. The summed E-state index contributed by atoms with van der Waals surface area (Å²) in [4.78, 5) is 22.3. The highest BCUT2D eigenvalue weighted by Gasteiger charge is 2.31. The van der Waals surface area contributed by atoms with Crippen molar-refractivity contribution in [3.63, 3.8) is 0 Å². The van der Waals surface area contributed by atoms with Gasteiger partial charge in [-0.2, -0.15) is 0 Å². The minimum atomic E-state index is -1.37. The van der Waals surface area contributed by atoms with E-state index < -0.39 is 29.8 Å². The van der Waals surface area contributed by atoms with Gasteiger partial charge < -0.3 is 20.3 Å². The average molecular weight is 247 g/mol. The van der Waals surface area contributed by atoms with Crippen molar-refractivity contribution in [1.82, 2.24) is 5.32 Å². The first-order valence-electron chi connectivity index (χ1n) is 5.45. The summed E-state index contributed by atoms with van der Waals surface area (Å²) in [7, 11) is 0. The molecule has 0 fully saturated rings. The number of carboxylic acid groups (broad SMARTS) is 1. The minimum Gasteiger partial charge on any atom is -0.480 e. The Balaban J connectivity index is 4.57. The van der Waals surface area contributed by atoms with Crippen molar-refractivity contribution >= 4 is 12.1 Å². The number of carbonyl (C=O) groups excluding carboxylic acids is 1. The topological polar surface area (TPSA) is 95.9 Å². The Labute approximate surface area is 101 Å². The summed E-state index contributed by atoms with van der Waals surface area (Å²) in [6, 6.07) is -1.37. The van der Waals surface area contributed by atoms with E-state index in [1.807, 2.05) is 0 Å². The number of carbonyl (C=O) groups is 2. The third kappa shape index (κ3) is 6.11. The van der Waals surface area contributed by atoms with Gasteiger partial charge in [-0.15, -0.1) is 0 Å². The lowest BCUT2D eigenvalue weighted by Gasteiger charge is -2.25. The number of aliphatic carboxylic acids is 1. The average Bonchev–Trinajstić information content (AvgIpc) is 2.09. The second kappa shape index (κ2) is 5.86. The molecular formula is C11H21NO5. The fourth-order valence-electron chi connectivity index (χ4n) is 1.11. The van der Waals surface area contributed by atoms with Gasteiger partial charge in [0.1, 0.15) is 5.60 Å². The second-order valence-corrected chi connectivity index (χ2v) is 5.20. The molecule has 1 unspecified atom stereocenters. The highest BCUT2D eigenvalue weighted by atomic mass is 16.6. The van der Waals surface area contributed by atoms with Gasteiger partial charge in [0.05, 0.1) is 6.10 Å². The Morgan fingerprint density at radius 3 is 2.00 bits per heavy atom. The number of nitrogens with one attached hydrogen (secondary N) is 1. The van der Waals surface area contributed by atoms with E-state index in [1.54, 1.807) is 34.6 Å². The van der Waals surface area contributed by atoms with Crippen LogP contribution < -0.4 is 5.32 Å². The summed E-state index contributed by atoms with van der Waals surface area (Å²) < 4.78 is 4.92. The number of alkyl carbamates (subject to hydrolysis) is 1. The van der Waals surface area contributed by atoms with Crippen LogP contribution in [0.3, 0.4) is 0 Å². The van der Waals surface area contributed by atoms with Crippen molar-refractivity contribution in [1.29, 1.82) is 0 Å². The van der Waals surface area contributed by atoms with Crippen LogP contribution in [0, 0.1) is 5.92 Å². The number of amides is 1. The lowest BCUT2D eigenvalue weighted by atomic mass is 10.00. The molecular weight excluding hydrogens is 226 g/mol. The zero-order chi connectivity index (χ0) is 13.8. The zero-order valence-electron chi connectivity index (χ0n) is 10.9. The first kappa shape index (κ1) is 15.7. The second-order valence-electron chi connectivity index (χ2n) is 5.20. The molecule has 0 aliphatic heterocycles. The third-order valence-corrected chi connectivity index (χ3v) is 1.96. The Hall–Kier alpha value is -1.30. The molecule has 0 rings (SSSR count). The fourth-order valence-corrected chi connectivity index (χ4v) is 1.11. The van der Waals surface area contributed by atoms with E-state index in [0.29, 0.717) is 0 Å². The molecule has 0 spiro atoms. The summed E-state index contributed by atoms with van der Waals surface area (Å²) in [5, 5.41) is 20.7. The smallest absolute Gasteiger partial charge is 0.408 e. The van der Waals surface area contributed by atoms with Crippen LogP contribution in [0.25, 0.3) is 0 Å². The van der Waals surface area contributed by atoms with Gasteiger partial charge in [0.25, 0.3) is 0 Å². The summed E-state index contributed by atoms with van der Waals surface area (Å²) in [5.74, 6) is -1.58. The Kier molecular flexibility index (Phi) is 5.41. The van der Waals surface area contributed by atoms with Crippen LogP contribution in [-0.2, 0) is 9.53 Å². The van der Waals surface area contributed by atoms with Gasteiger partial charge in [0, 0.05) is 0 Å². The SMILES string of the molecule is CC(C)C(O)[C@@H](NC(=O)OC(C)(C)C)C(=O)O. The molecule has 2 atom stereocenters. The highest BCUT2D eigenvalue weighted by molar-refractivity contribution is 5.80. The molecule has 0 saturated heterocycles. The van der Waals surface area contributed by atoms with E-state index >= 15 is 0 Å². The summed E-state index contributed by atoms with van der Waals surface area (Å²) in [6.07, 6.45) is -2.02. The maximum atomic E-state index is 11.4. The molecule has 100 valence electrons. The fraction of sp³-hybridized carbons (Fsp3) is 0.818. The molecule has 0 bridgehead atoms. The molecule has 0 aromatic heterocycles. The Bertz CT molecular complexity index is 282. The molecule has 0 aliphatic rings. The van der Waals surface area contributed by atoms with Crippen molar-refractivity contribution in [3.8, 4) is 0 Å². The molecule has 17 heavy (non-hydrogen) atoms. The summed E-state index contributed by atoms with van der Waals surface area (Å²) in [5.41, 5.74) is -0.712. The summed E-state index contributed by atoms with van der Waals surface area (Å²) in [6.45, 7) is 8.33. The largest absolute Gasteiger partial charge is 0.480 e. The van der Waals surface area contributed by atoms with Crippen LogP contribution in [0.2, 0.25) is 0 Å². The van der Waals surface area contributed by atoms with E-state index in [0.717, 1.165) is 0 Å². The van der Waals surface area contributed by atoms with Gasteiger partial charge in [0.15, 0.2) is 6.04 Å². The van der Waals surface area contributed by atoms with E-state index in [1.165, 1.54) is 0 Å². The van der Waals surface area contributed by atoms with Crippen LogP contribution in [0.5, 0.6) is 0 Å². The molecule has 0 aromatic carbocycles. The standard InChI is InChI=1S/C11H21NO5/c1-6(2)8(13)7(9(14)15)12-10(16)17-11(3,4)5/h6-8,13H,1-5H3,(H,12,16)(H,14,15)/t7-,8?/m1/s1. The minimum absolute atomic E-state index is 0.286. The predicted molar refractivity (Wildman–Crippen MR) is 61.6 cm³/mol. The number of hydrogen-bond acceptors (Lipinski definition) is 4. The lowest BCUT2D eigenvalue weighted by molar-refractivity contribution is -0.143. The molecule has 1 amide bonds. The number of carboxylic acids is 1. The molecule has 0 radical (unpaired) electrons. The molecule has 0 heterocycles. The van der Waals surface area contributed by atoms with Gasteiger partial charge in [-0.1, -0.05) is 13.8 Å². The first-order chi connectivity index (χ1) is 7.54. The van der Waals surface area contributed by atoms with Crippen molar-refractivity contribution in [2.24, 2.45) is 5.92 Å². The van der Waals surface area contributed by atoms with Gasteiger partial charge in [-0.05, 0) is 26.7 Å². The molecule has 3 N–H and O–H groups in total. The van der Waals surface area contributed by atoms with Crippen molar-refractivity contribution in [3.05, 3.63) is 0 Å². The van der Waals surface area contributed by atoms with Crippen LogP contribution in [0.4, 0.5) is 4.79 Å². The van der Waals surface area contributed by atoms with Crippen LogP contribution in [0.15, 0.2) is 0 Å². The van der Waals surface area contributed by atoms with Crippen LogP contribution in [-0.4, -0.2) is 40.0 Å². The monoisotopic (exact) mass is 247 g/mol. The number of aliphatic hydroxyl groups is 1. The van der Waals surface area contributed by atoms with Crippen LogP contribution in [0.1, 0.15) is 34.6 Å². The number of hydrogen-bond donors (Lipinski definition) is 3. The van der Waals surface area contributed by atoms with E-state index in [2.05, 4.69) is 5.32 Å². The van der Waals surface area contributed by atoms with E-state index in [-0.39, 0.29) is 5.92 Å². The Morgan fingerprint density at radius 1 is 1.24 bits per heavy atom. The van der Waals surface area contributed by atoms with Crippen molar-refractivity contribution in [2.45, 2.75) is 52.4 Å². The zero-order valence-corrected chi connectivity index (χ0v) is 10.9. The summed E-state index contributed by atoms with van der Waals surface area (Å²) >= 11 is 0. The molecule has 0 aliphatic carbocycles. The van der Waals surface area contributed by atoms with E-state index in [9.17, 15) is 14.7 Å². The highest BCUT2D eigenvalue weighted by Crippen LogP contribution is 2.10. The number of aliphatic hydroxyl groups excluding tert-OH is 1. The van der Waals surface area contributed by atoms with Gasteiger partial charge >= 0.3 is 12.1 Å². The van der Waals surface area contributed by atoms with E-state index in [4.69, 9.17) is 9.84 Å². The molecule has 0 saturated carbocycles. The number of rotatable bonds is 4. The molecule has 6 heteroatoms. The predicted octanol–water partition coefficient (Wildman–Crippen LogP) is 0.981. The number of ether oxygens (including phenoxy) is 1. The van der Waals surface area contributed by atoms with Crippen LogP contribution >= 0.6 is 0 Å². The normalized spacial score (nSPS) is 15.2. The first-order valence-corrected chi connectivity index (χ1v) is 5.45. The van der Waals surface area contributed by atoms with Gasteiger partial charge in [-0.25, -0.2) is 9.59 Å². The molecule has 0 aromatic rings. The van der Waals surface area contributed by atoms with Crippen molar-refractivity contribution < 1.29 is 24.5 Å². The molecule has 6 nitrogen and oxygen atoms in total. The lowest BCUT2D eigenvalue weighted by Crippen LogP contribution is -2.51. The van der Waals surface area contributed by atoms with Gasteiger partial charge in [0.2, 0.25) is 0 Å².